The zero-order valence-electron chi connectivity index (χ0n) is 10.9. The summed E-state index contributed by atoms with van der Waals surface area (Å²) in [7, 11) is 0. The van der Waals surface area contributed by atoms with Gasteiger partial charge in [-0.05, 0) is 13.8 Å². The highest BCUT2D eigenvalue weighted by Crippen LogP contribution is 2.21. The highest BCUT2D eigenvalue weighted by molar-refractivity contribution is 5.91. The third-order valence-corrected chi connectivity index (χ3v) is 2.43. The van der Waals surface area contributed by atoms with Crippen molar-refractivity contribution in [2.75, 3.05) is 5.32 Å². The van der Waals surface area contributed by atoms with Gasteiger partial charge in [-0.1, -0.05) is 0 Å². The van der Waals surface area contributed by atoms with Gasteiger partial charge in [0.15, 0.2) is 11.5 Å². The highest BCUT2D eigenvalue weighted by Gasteiger charge is 2.23. The molecular formula is C12H13N5O3. The number of aromatic nitrogens is 4. The fourth-order valence-electron chi connectivity index (χ4n) is 1.42. The Morgan fingerprint density at radius 3 is 2.45 bits per heavy atom. The third kappa shape index (κ3) is 3.04. The zero-order valence-corrected chi connectivity index (χ0v) is 10.9. The van der Waals surface area contributed by atoms with Crippen LogP contribution in [0, 0.1) is 0 Å². The number of hydrogen-bond acceptors (Lipinski definition) is 7. The average Bonchev–Trinajstić information content (AvgIpc) is 2.38. The minimum absolute atomic E-state index is 0.0558. The standard InChI is InChI=1S/C12H13N5O3/c1-12(2,20)8-5-15-10(9(17-8)11(18)19)16-7-3-13-6-14-4-7/h3-6,20H,1-2H3,(H,15,16)(H,18,19). The van der Waals surface area contributed by atoms with Crippen molar-refractivity contribution in [3.63, 3.8) is 0 Å². The van der Waals surface area contributed by atoms with Crippen molar-refractivity contribution >= 4 is 17.5 Å². The van der Waals surface area contributed by atoms with Crippen LogP contribution in [0.2, 0.25) is 0 Å². The van der Waals surface area contributed by atoms with Crippen molar-refractivity contribution in [1.29, 1.82) is 0 Å². The summed E-state index contributed by atoms with van der Waals surface area (Å²) in [5, 5.41) is 21.8. The number of aliphatic hydroxyl groups is 1. The molecule has 0 saturated heterocycles. The Kier molecular flexibility index (Phi) is 3.57. The minimum atomic E-state index is -1.27. The summed E-state index contributed by atoms with van der Waals surface area (Å²) in [6.07, 6.45) is 5.62. The van der Waals surface area contributed by atoms with Crippen LogP contribution in [0.4, 0.5) is 11.5 Å². The van der Waals surface area contributed by atoms with E-state index in [1.807, 2.05) is 0 Å². The Morgan fingerprint density at radius 2 is 1.90 bits per heavy atom. The molecule has 8 heteroatoms. The summed E-state index contributed by atoms with van der Waals surface area (Å²) in [6, 6.07) is 0. The molecule has 0 radical (unpaired) electrons. The van der Waals surface area contributed by atoms with Crippen LogP contribution in [0.25, 0.3) is 0 Å². The second kappa shape index (κ2) is 5.17. The Bertz CT molecular complexity index is 625. The smallest absolute Gasteiger partial charge is 0.358 e. The molecule has 0 bridgehead atoms. The molecule has 0 aromatic carbocycles. The first kappa shape index (κ1) is 13.8. The first-order chi connectivity index (χ1) is 9.38. The second-order valence-corrected chi connectivity index (χ2v) is 4.57. The first-order valence-electron chi connectivity index (χ1n) is 5.73. The highest BCUT2D eigenvalue weighted by atomic mass is 16.4. The van der Waals surface area contributed by atoms with Gasteiger partial charge < -0.3 is 15.5 Å². The molecule has 2 heterocycles. The molecule has 2 aromatic heterocycles. The molecule has 0 amide bonds. The number of nitrogens with zero attached hydrogens (tertiary/aromatic N) is 4. The topological polar surface area (TPSA) is 121 Å². The largest absolute Gasteiger partial charge is 0.476 e. The number of nitrogens with one attached hydrogen (secondary N) is 1. The van der Waals surface area contributed by atoms with Gasteiger partial charge in [0.25, 0.3) is 0 Å². The van der Waals surface area contributed by atoms with Crippen molar-refractivity contribution in [3.05, 3.63) is 36.3 Å². The normalized spacial score (nSPS) is 11.2. The lowest BCUT2D eigenvalue weighted by atomic mass is 10.1. The van der Waals surface area contributed by atoms with E-state index in [9.17, 15) is 15.0 Å². The average molecular weight is 275 g/mol. The van der Waals surface area contributed by atoms with Crippen molar-refractivity contribution in [1.82, 2.24) is 19.9 Å². The van der Waals surface area contributed by atoms with Crippen LogP contribution in [0.1, 0.15) is 30.0 Å². The van der Waals surface area contributed by atoms with Crippen LogP contribution in [0.3, 0.4) is 0 Å². The quantitative estimate of drug-likeness (QED) is 0.753. The van der Waals surface area contributed by atoms with Crippen molar-refractivity contribution < 1.29 is 15.0 Å². The van der Waals surface area contributed by atoms with E-state index in [-0.39, 0.29) is 17.2 Å². The lowest BCUT2D eigenvalue weighted by Gasteiger charge is -2.17. The molecule has 20 heavy (non-hydrogen) atoms. The van der Waals surface area contributed by atoms with Gasteiger partial charge in [0, 0.05) is 0 Å². The summed E-state index contributed by atoms with van der Waals surface area (Å²) in [4.78, 5) is 26.8. The summed E-state index contributed by atoms with van der Waals surface area (Å²) in [5.41, 5.74) is -0.899. The summed E-state index contributed by atoms with van der Waals surface area (Å²) < 4.78 is 0. The van der Waals surface area contributed by atoms with E-state index < -0.39 is 11.6 Å². The van der Waals surface area contributed by atoms with Gasteiger partial charge in [-0.25, -0.2) is 24.7 Å². The van der Waals surface area contributed by atoms with E-state index in [1.54, 1.807) is 0 Å². The van der Waals surface area contributed by atoms with E-state index in [4.69, 9.17) is 0 Å². The molecule has 3 N–H and O–H groups in total. The molecule has 0 saturated carbocycles. The van der Waals surface area contributed by atoms with Crippen LogP contribution in [-0.4, -0.2) is 36.1 Å². The Morgan fingerprint density at radius 1 is 1.25 bits per heavy atom. The van der Waals surface area contributed by atoms with Gasteiger partial charge in [-0.3, -0.25) is 0 Å². The third-order valence-electron chi connectivity index (χ3n) is 2.43. The fourth-order valence-corrected chi connectivity index (χ4v) is 1.42. The van der Waals surface area contributed by atoms with Gasteiger partial charge in [-0.15, -0.1) is 0 Å². The molecular weight excluding hydrogens is 262 g/mol. The molecule has 0 fully saturated rings. The Hall–Kier alpha value is -2.61. The molecule has 2 aromatic rings. The van der Waals surface area contributed by atoms with E-state index in [0.717, 1.165) is 0 Å². The number of carboxylic acids is 1. The van der Waals surface area contributed by atoms with E-state index >= 15 is 0 Å². The maximum atomic E-state index is 11.2. The predicted octanol–water partition coefficient (Wildman–Crippen LogP) is 0.936. The van der Waals surface area contributed by atoms with Gasteiger partial charge in [0.05, 0.1) is 30.0 Å². The number of anilines is 2. The van der Waals surface area contributed by atoms with Crippen LogP contribution in [-0.2, 0) is 5.60 Å². The monoisotopic (exact) mass is 275 g/mol. The summed E-state index contributed by atoms with van der Waals surface area (Å²) in [6.45, 7) is 3.00. The Balaban J connectivity index is 2.41. The van der Waals surface area contributed by atoms with E-state index in [1.165, 1.54) is 38.8 Å². The van der Waals surface area contributed by atoms with Crippen molar-refractivity contribution in [2.45, 2.75) is 19.4 Å². The first-order valence-corrected chi connectivity index (χ1v) is 5.73. The molecule has 0 unspecified atom stereocenters. The van der Waals surface area contributed by atoms with Crippen LogP contribution < -0.4 is 5.32 Å². The van der Waals surface area contributed by atoms with Crippen molar-refractivity contribution in [2.24, 2.45) is 0 Å². The van der Waals surface area contributed by atoms with Gasteiger partial charge >= 0.3 is 5.97 Å². The van der Waals surface area contributed by atoms with Crippen LogP contribution in [0.5, 0.6) is 0 Å². The molecule has 0 spiro atoms. The van der Waals surface area contributed by atoms with Crippen molar-refractivity contribution in [3.8, 4) is 0 Å². The van der Waals surface area contributed by atoms with Crippen LogP contribution in [0.15, 0.2) is 24.9 Å². The van der Waals surface area contributed by atoms with E-state index in [2.05, 4.69) is 25.3 Å². The summed E-state index contributed by atoms with van der Waals surface area (Å²) in [5.74, 6) is -1.19. The van der Waals surface area contributed by atoms with E-state index in [0.29, 0.717) is 5.69 Å². The lowest BCUT2D eigenvalue weighted by Crippen LogP contribution is -2.20. The second-order valence-electron chi connectivity index (χ2n) is 4.57. The number of rotatable bonds is 4. The summed E-state index contributed by atoms with van der Waals surface area (Å²) >= 11 is 0. The number of carboxylic acid groups (broad SMARTS) is 1. The molecule has 0 aliphatic rings. The van der Waals surface area contributed by atoms with Gasteiger partial charge in [0.2, 0.25) is 0 Å². The Labute approximate surface area is 114 Å². The molecule has 0 atom stereocenters. The van der Waals surface area contributed by atoms with Gasteiger partial charge in [-0.2, -0.15) is 0 Å². The molecule has 0 aliphatic heterocycles. The fraction of sp³-hybridized carbons (Fsp3) is 0.250. The number of hydrogen-bond donors (Lipinski definition) is 3. The zero-order chi connectivity index (χ0) is 14.8. The van der Waals surface area contributed by atoms with Crippen LogP contribution >= 0.6 is 0 Å². The predicted molar refractivity (Wildman–Crippen MR) is 69.6 cm³/mol. The lowest BCUT2D eigenvalue weighted by molar-refractivity contribution is 0.0670. The minimum Gasteiger partial charge on any atom is -0.476 e. The number of aromatic carboxylic acids is 1. The SMILES string of the molecule is CC(C)(O)c1cnc(Nc2cncnc2)c(C(=O)O)n1. The maximum absolute atomic E-state index is 11.2. The molecule has 2 rings (SSSR count). The maximum Gasteiger partial charge on any atom is 0.358 e. The molecule has 0 aliphatic carbocycles. The molecule has 104 valence electrons. The molecule has 8 nitrogen and oxygen atoms in total. The number of carbonyl (C=O) groups is 1. The van der Waals surface area contributed by atoms with Gasteiger partial charge in [0.1, 0.15) is 11.9 Å².